The number of carbonyl (C=O) groups excluding carboxylic acids is 2. The summed E-state index contributed by atoms with van der Waals surface area (Å²) < 4.78 is 14.0. The van der Waals surface area contributed by atoms with Gasteiger partial charge in [0.25, 0.3) is 12.9 Å². The molecule has 0 amide bonds. The fourth-order valence-corrected chi connectivity index (χ4v) is 0.810. The Balaban J connectivity index is 2.43. The van der Waals surface area contributed by atoms with Gasteiger partial charge in [-0.15, -0.1) is 0 Å². The number of furan rings is 1. The molecule has 1 heterocycles. The topological polar surface area (TPSA) is 65.7 Å². The van der Waals surface area contributed by atoms with E-state index in [1.807, 2.05) is 0 Å². The zero-order chi connectivity index (χ0) is 9.52. The normalized spacial score (nSPS) is 9.23. The van der Waals surface area contributed by atoms with Gasteiger partial charge >= 0.3 is 0 Å². The fourth-order valence-electron chi connectivity index (χ4n) is 0.810. The van der Waals surface area contributed by atoms with Gasteiger partial charge in [-0.2, -0.15) is 0 Å². The second kappa shape index (κ2) is 4.97. The molecule has 5 nitrogen and oxygen atoms in total. The van der Waals surface area contributed by atoms with Gasteiger partial charge in [0, 0.05) is 0 Å². The Morgan fingerprint density at radius 1 is 1.08 bits per heavy atom. The molecular formula is C8H8O5. The molecule has 0 atom stereocenters. The van der Waals surface area contributed by atoms with E-state index < -0.39 is 0 Å². The van der Waals surface area contributed by atoms with Crippen LogP contribution in [0.25, 0.3) is 0 Å². The lowest BCUT2D eigenvalue weighted by Gasteiger charge is -1.94. The molecule has 1 rings (SSSR count). The van der Waals surface area contributed by atoms with E-state index in [0.29, 0.717) is 24.5 Å². The zero-order valence-electron chi connectivity index (χ0n) is 6.76. The van der Waals surface area contributed by atoms with Crippen molar-refractivity contribution in [2.24, 2.45) is 0 Å². The van der Waals surface area contributed by atoms with Crippen LogP contribution in [0.2, 0.25) is 0 Å². The first-order valence-corrected chi connectivity index (χ1v) is 3.55. The summed E-state index contributed by atoms with van der Waals surface area (Å²) in [6.45, 7) is 0.851. The quantitative estimate of drug-likeness (QED) is 0.606. The third-order valence-electron chi connectivity index (χ3n) is 1.30. The van der Waals surface area contributed by atoms with E-state index in [1.54, 1.807) is 12.1 Å². The van der Waals surface area contributed by atoms with Crippen LogP contribution in [0.15, 0.2) is 16.5 Å². The molecule has 0 aliphatic carbocycles. The van der Waals surface area contributed by atoms with E-state index in [9.17, 15) is 9.59 Å². The van der Waals surface area contributed by atoms with Crippen molar-refractivity contribution in [1.82, 2.24) is 0 Å². The second-order valence-electron chi connectivity index (χ2n) is 2.18. The van der Waals surface area contributed by atoms with Gasteiger partial charge in [-0.25, -0.2) is 0 Å². The van der Waals surface area contributed by atoms with Crippen molar-refractivity contribution in [2.75, 3.05) is 0 Å². The summed E-state index contributed by atoms with van der Waals surface area (Å²) in [5, 5.41) is 0. The predicted molar refractivity (Wildman–Crippen MR) is 40.4 cm³/mol. The minimum Gasteiger partial charge on any atom is -0.460 e. The smallest absolute Gasteiger partial charge is 0.293 e. The first kappa shape index (κ1) is 9.31. The standard InChI is InChI=1S/C8H8O5/c9-5-11-3-7-1-2-8(13-7)4-12-6-10/h1-2,5-6H,3-4H2. The fraction of sp³-hybridized carbons (Fsp3) is 0.250. The van der Waals surface area contributed by atoms with E-state index in [-0.39, 0.29) is 13.2 Å². The maximum atomic E-state index is 9.82. The van der Waals surface area contributed by atoms with Crippen LogP contribution in [0, 0.1) is 0 Å². The lowest BCUT2D eigenvalue weighted by Crippen LogP contribution is -1.88. The lowest BCUT2D eigenvalue weighted by molar-refractivity contribution is -0.130. The number of rotatable bonds is 6. The SMILES string of the molecule is O=COCc1ccc(COC=O)o1. The summed E-state index contributed by atoms with van der Waals surface area (Å²) in [6, 6.07) is 3.29. The van der Waals surface area contributed by atoms with Gasteiger partial charge < -0.3 is 13.9 Å². The molecule has 0 saturated heterocycles. The Labute approximate surface area is 74.2 Å². The summed E-state index contributed by atoms with van der Waals surface area (Å²) in [7, 11) is 0. The highest BCUT2D eigenvalue weighted by molar-refractivity contribution is 5.37. The molecule has 0 unspecified atom stereocenters. The van der Waals surface area contributed by atoms with Crippen LogP contribution in [0.5, 0.6) is 0 Å². The van der Waals surface area contributed by atoms with Crippen molar-refractivity contribution in [3.63, 3.8) is 0 Å². The maximum absolute atomic E-state index is 9.82. The Morgan fingerprint density at radius 3 is 1.92 bits per heavy atom. The third kappa shape index (κ3) is 2.98. The number of ether oxygens (including phenoxy) is 2. The monoisotopic (exact) mass is 184 g/mol. The Hall–Kier alpha value is -1.78. The molecule has 5 heteroatoms. The highest BCUT2D eigenvalue weighted by Gasteiger charge is 2.01. The summed E-state index contributed by atoms with van der Waals surface area (Å²) in [4.78, 5) is 19.6. The lowest BCUT2D eigenvalue weighted by atomic mass is 10.4. The summed E-state index contributed by atoms with van der Waals surface area (Å²) in [5.74, 6) is 1.02. The van der Waals surface area contributed by atoms with Crippen LogP contribution in [0.1, 0.15) is 11.5 Å². The maximum Gasteiger partial charge on any atom is 0.293 e. The van der Waals surface area contributed by atoms with Crippen LogP contribution < -0.4 is 0 Å². The molecule has 0 aliphatic rings. The van der Waals surface area contributed by atoms with Crippen LogP contribution in [-0.4, -0.2) is 12.9 Å². The van der Waals surface area contributed by atoms with Crippen molar-refractivity contribution in [2.45, 2.75) is 13.2 Å². The van der Waals surface area contributed by atoms with Gasteiger partial charge in [0.2, 0.25) is 0 Å². The molecule has 0 fully saturated rings. The highest BCUT2D eigenvalue weighted by Crippen LogP contribution is 2.09. The van der Waals surface area contributed by atoms with Crippen LogP contribution in [-0.2, 0) is 32.3 Å². The van der Waals surface area contributed by atoms with E-state index in [2.05, 4.69) is 9.47 Å². The van der Waals surface area contributed by atoms with Crippen molar-refractivity contribution in [3.8, 4) is 0 Å². The van der Waals surface area contributed by atoms with Gasteiger partial charge in [0.15, 0.2) is 0 Å². The molecule has 13 heavy (non-hydrogen) atoms. The van der Waals surface area contributed by atoms with Gasteiger partial charge in [0.1, 0.15) is 24.7 Å². The largest absolute Gasteiger partial charge is 0.460 e. The van der Waals surface area contributed by atoms with Gasteiger partial charge in [-0.05, 0) is 12.1 Å². The molecular weight excluding hydrogens is 176 g/mol. The molecule has 0 radical (unpaired) electrons. The second-order valence-corrected chi connectivity index (χ2v) is 2.18. The zero-order valence-corrected chi connectivity index (χ0v) is 6.76. The highest BCUT2D eigenvalue weighted by atomic mass is 16.5. The molecule has 1 aromatic rings. The molecule has 0 saturated carbocycles. The van der Waals surface area contributed by atoms with E-state index in [0.717, 1.165) is 0 Å². The number of hydrogen-bond acceptors (Lipinski definition) is 5. The first-order valence-electron chi connectivity index (χ1n) is 3.55. The molecule has 0 bridgehead atoms. The molecule has 70 valence electrons. The molecule has 0 aliphatic heterocycles. The Bertz CT molecular complexity index is 251. The number of hydrogen-bond donors (Lipinski definition) is 0. The summed E-state index contributed by atoms with van der Waals surface area (Å²) >= 11 is 0. The van der Waals surface area contributed by atoms with Crippen molar-refractivity contribution < 1.29 is 23.5 Å². The molecule has 0 aromatic carbocycles. The van der Waals surface area contributed by atoms with Crippen molar-refractivity contribution in [1.29, 1.82) is 0 Å². The van der Waals surface area contributed by atoms with Gasteiger partial charge in [-0.1, -0.05) is 0 Å². The van der Waals surface area contributed by atoms with E-state index >= 15 is 0 Å². The minimum absolute atomic E-state index is 0.0879. The Morgan fingerprint density at radius 2 is 1.54 bits per heavy atom. The first-order chi connectivity index (χ1) is 6.36. The van der Waals surface area contributed by atoms with Crippen LogP contribution >= 0.6 is 0 Å². The van der Waals surface area contributed by atoms with Crippen molar-refractivity contribution >= 4 is 12.9 Å². The van der Waals surface area contributed by atoms with Gasteiger partial charge in [-0.3, -0.25) is 9.59 Å². The van der Waals surface area contributed by atoms with Crippen LogP contribution in [0.3, 0.4) is 0 Å². The molecule has 0 spiro atoms. The predicted octanol–water partition coefficient (Wildman–Crippen LogP) is 0.626. The number of carbonyl (C=O) groups is 2. The molecule has 0 N–H and O–H groups in total. The summed E-state index contributed by atoms with van der Waals surface area (Å²) in [5.41, 5.74) is 0. The van der Waals surface area contributed by atoms with E-state index in [1.165, 1.54) is 0 Å². The average Bonchev–Trinajstić information content (AvgIpc) is 2.59. The minimum atomic E-state index is 0.0879. The summed E-state index contributed by atoms with van der Waals surface area (Å²) in [6.07, 6.45) is 0. The van der Waals surface area contributed by atoms with Crippen LogP contribution in [0.4, 0.5) is 0 Å². The van der Waals surface area contributed by atoms with Crippen molar-refractivity contribution in [3.05, 3.63) is 23.7 Å². The third-order valence-corrected chi connectivity index (χ3v) is 1.30. The average molecular weight is 184 g/mol. The van der Waals surface area contributed by atoms with E-state index in [4.69, 9.17) is 4.42 Å². The van der Waals surface area contributed by atoms with Gasteiger partial charge in [0.05, 0.1) is 0 Å². The molecule has 1 aromatic heterocycles. The Kier molecular flexibility index (Phi) is 3.56.